The van der Waals surface area contributed by atoms with Gasteiger partial charge in [-0.15, -0.1) is 0 Å². The molecule has 11 heteroatoms. The van der Waals surface area contributed by atoms with E-state index in [0.29, 0.717) is 23.5 Å². The van der Waals surface area contributed by atoms with Gasteiger partial charge in [-0.2, -0.15) is 5.10 Å². The van der Waals surface area contributed by atoms with Gasteiger partial charge in [0.1, 0.15) is 12.3 Å². The zero-order chi connectivity index (χ0) is 25.3. The fourth-order valence-corrected chi connectivity index (χ4v) is 4.37. The number of aryl methyl sites for hydroxylation is 1. The number of carbonyl (C=O) groups excluding carboxylic acids is 2. The summed E-state index contributed by atoms with van der Waals surface area (Å²) in [6, 6.07) is 13.7. The Labute approximate surface area is 205 Å². The Morgan fingerprint density at radius 3 is 2.57 bits per heavy atom. The summed E-state index contributed by atoms with van der Waals surface area (Å²) in [4.78, 5) is 24.2. The Balaban J connectivity index is 1.46. The van der Waals surface area contributed by atoms with E-state index in [1.54, 1.807) is 55.5 Å². The van der Waals surface area contributed by atoms with Crippen LogP contribution in [0.2, 0.25) is 0 Å². The molecule has 1 aliphatic heterocycles. The highest BCUT2D eigenvalue weighted by Crippen LogP contribution is 2.21. The van der Waals surface area contributed by atoms with Crippen LogP contribution in [0.25, 0.3) is 0 Å². The van der Waals surface area contributed by atoms with E-state index in [4.69, 9.17) is 9.47 Å². The molecule has 0 unspecified atom stereocenters. The first-order valence-electron chi connectivity index (χ1n) is 11.2. The number of carbonyl (C=O) groups is 2. The number of sulfonamides is 1. The van der Waals surface area contributed by atoms with Crippen molar-refractivity contribution in [2.24, 2.45) is 5.10 Å². The first-order chi connectivity index (χ1) is 16.7. The van der Waals surface area contributed by atoms with Crippen LogP contribution in [0, 0.1) is 6.92 Å². The Morgan fingerprint density at radius 1 is 1.17 bits per heavy atom. The normalized spacial score (nSPS) is 15.7. The minimum Gasteiger partial charge on any atom is -0.484 e. The van der Waals surface area contributed by atoms with Crippen LogP contribution in [0.4, 0.5) is 5.69 Å². The molecule has 0 aromatic heterocycles. The van der Waals surface area contributed by atoms with Crippen molar-refractivity contribution in [2.75, 3.05) is 36.9 Å². The molecule has 2 aromatic carbocycles. The van der Waals surface area contributed by atoms with Crippen molar-refractivity contribution in [1.29, 1.82) is 0 Å². The zero-order valence-corrected chi connectivity index (χ0v) is 20.6. The van der Waals surface area contributed by atoms with Gasteiger partial charge in [-0.3, -0.25) is 13.9 Å². The molecule has 1 aliphatic rings. The molecule has 0 radical (unpaired) electrons. The number of nitrogens with zero attached hydrogens (tertiary/aromatic N) is 2. The van der Waals surface area contributed by atoms with Gasteiger partial charge < -0.3 is 14.8 Å². The number of ether oxygens (including phenoxy) is 2. The summed E-state index contributed by atoms with van der Waals surface area (Å²) in [6.07, 6.45) is 4.52. The first-order valence-corrected chi connectivity index (χ1v) is 13.0. The summed E-state index contributed by atoms with van der Waals surface area (Å²) in [5.41, 5.74) is 4.19. The molecule has 2 aromatic rings. The largest absolute Gasteiger partial charge is 0.484 e. The van der Waals surface area contributed by atoms with Gasteiger partial charge in [0.15, 0.2) is 6.61 Å². The van der Waals surface area contributed by atoms with Crippen LogP contribution in [0.3, 0.4) is 0 Å². The molecule has 2 amide bonds. The Hall–Kier alpha value is -3.44. The summed E-state index contributed by atoms with van der Waals surface area (Å²) in [6.45, 7) is 2.49. The van der Waals surface area contributed by atoms with Crippen LogP contribution in [0.15, 0.2) is 53.6 Å². The number of nitrogens with one attached hydrogen (secondary N) is 2. The smallest absolute Gasteiger partial charge is 0.260 e. The minimum absolute atomic E-state index is 0.0786. The van der Waals surface area contributed by atoms with Gasteiger partial charge in [-0.05, 0) is 61.2 Å². The predicted molar refractivity (Wildman–Crippen MR) is 133 cm³/mol. The van der Waals surface area contributed by atoms with Gasteiger partial charge in [0.2, 0.25) is 10.0 Å². The van der Waals surface area contributed by atoms with Crippen LogP contribution in [-0.2, 0) is 24.3 Å². The maximum Gasteiger partial charge on any atom is 0.260 e. The van der Waals surface area contributed by atoms with Gasteiger partial charge in [0.05, 0.1) is 24.3 Å². The second-order valence-corrected chi connectivity index (χ2v) is 10.1. The Kier molecular flexibility index (Phi) is 9.21. The van der Waals surface area contributed by atoms with Gasteiger partial charge in [0.25, 0.3) is 11.8 Å². The first kappa shape index (κ1) is 26.2. The topological polar surface area (TPSA) is 126 Å². The lowest BCUT2D eigenvalue weighted by Gasteiger charge is -2.23. The molecule has 1 atom stereocenters. The predicted octanol–water partition coefficient (Wildman–Crippen LogP) is 1.59. The number of hydrazone groups is 1. The van der Waals surface area contributed by atoms with Crippen molar-refractivity contribution in [3.8, 4) is 5.75 Å². The molecule has 0 saturated carbocycles. The molecule has 1 fully saturated rings. The summed E-state index contributed by atoms with van der Waals surface area (Å²) >= 11 is 0. The monoisotopic (exact) mass is 502 g/mol. The summed E-state index contributed by atoms with van der Waals surface area (Å²) in [5.74, 6) is -0.285. The highest BCUT2D eigenvalue weighted by molar-refractivity contribution is 7.92. The van der Waals surface area contributed by atoms with E-state index in [9.17, 15) is 18.0 Å². The molecule has 188 valence electrons. The molecule has 10 nitrogen and oxygen atoms in total. The molecule has 2 N–H and O–H groups in total. The minimum atomic E-state index is -3.67. The van der Waals surface area contributed by atoms with Crippen molar-refractivity contribution < 1.29 is 27.5 Å². The maximum absolute atomic E-state index is 12.3. The van der Waals surface area contributed by atoms with Crippen molar-refractivity contribution in [3.63, 3.8) is 0 Å². The van der Waals surface area contributed by atoms with Gasteiger partial charge in [-0.25, -0.2) is 13.8 Å². The van der Waals surface area contributed by atoms with E-state index in [0.717, 1.165) is 35.6 Å². The molecule has 35 heavy (non-hydrogen) atoms. The molecule has 1 heterocycles. The van der Waals surface area contributed by atoms with E-state index in [1.165, 1.54) is 6.21 Å². The molecule has 0 spiro atoms. The third-order valence-electron chi connectivity index (χ3n) is 5.28. The van der Waals surface area contributed by atoms with Gasteiger partial charge >= 0.3 is 0 Å². The fraction of sp³-hybridized carbons (Fsp3) is 0.375. The van der Waals surface area contributed by atoms with E-state index in [2.05, 4.69) is 15.8 Å². The van der Waals surface area contributed by atoms with Crippen LogP contribution in [0.5, 0.6) is 5.75 Å². The van der Waals surface area contributed by atoms with Crippen LogP contribution in [0.1, 0.15) is 24.0 Å². The molecule has 1 saturated heterocycles. The summed E-state index contributed by atoms with van der Waals surface area (Å²) in [7, 11) is -3.67. The Morgan fingerprint density at radius 2 is 1.91 bits per heavy atom. The van der Waals surface area contributed by atoms with E-state index < -0.39 is 22.5 Å². The maximum atomic E-state index is 12.3. The number of amides is 2. The average molecular weight is 503 g/mol. The van der Waals surface area contributed by atoms with Crippen molar-refractivity contribution in [3.05, 3.63) is 59.7 Å². The van der Waals surface area contributed by atoms with Crippen molar-refractivity contribution in [2.45, 2.75) is 25.9 Å². The number of anilines is 1. The molecular weight excluding hydrogens is 472 g/mol. The third-order valence-corrected chi connectivity index (χ3v) is 6.40. The van der Waals surface area contributed by atoms with Gasteiger partial charge in [0, 0.05) is 13.2 Å². The molecular formula is C24H30N4O6S. The highest BCUT2D eigenvalue weighted by atomic mass is 32.2. The number of hydrogen-bond donors (Lipinski definition) is 2. The highest BCUT2D eigenvalue weighted by Gasteiger charge is 2.22. The Bertz CT molecular complexity index is 1140. The van der Waals surface area contributed by atoms with E-state index in [-0.39, 0.29) is 18.6 Å². The molecule has 0 bridgehead atoms. The van der Waals surface area contributed by atoms with Gasteiger partial charge in [-0.1, -0.05) is 18.2 Å². The average Bonchev–Trinajstić information content (AvgIpc) is 3.34. The van der Waals surface area contributed by atoms with Crippen molar-refractivity contribution in [1.82, 2.24) is 10.7 Å². The standard InChI is InChI=1S/C24H30N4O6S/c1-18-6-3-4-8-22(18)28(35(2,31)32)16-23(29)27-26-14-19-9-11-20(12-10-19)34-17-24(30)25-15-21-7-5-13-33-21/h3-4,6,8-12,14,21H,5,7,13,15-17H2,1-2H3,(H,25,30)(H,27,29)/b26-14-/t21-/m1/s1. The number of rotatable bonds is 11. The third kappa shape index (κ3) is 8.37. The van der Waals surface area contributed by atoms with Crippen LogP contribution >= 0.6 is 0 Å². The second kappa shape index (κ2) is 12.3. The number of benzene rings is 2. The molecule has 3 rings (SSSR count). The van der Waals surface area contributed by atoms with E-state index in [1.807, 2.05) is 0 Å². The summed E-state index contributed by atoms with van der Waals surface area (Å²) in [5, 5.41) is 6.69. The van der Waals surface area contributed by atoms with Crippen LogP contribution < -0.4 is 19.8 Å². The number of hydrogen-bond acceptors (Lipinski definition) is 7. The lowest BCUT2D eigenvalue weighted by molar-refractivity contribution is -0.123. The molecule has 0 aliphatic carbocycles. The number of para-hydroxylation sites is 1. The lowest BCUT2D eigenvalue weighted by Crippen LogP contribution is -2.39. The second-order valence-electron chi connectivity index (χ2n) is 8.15. The quantitative estimate of drug-likeness (QED) is 0.355. The van der Waals surface area contributed by atoms with Crippen molar-refractivity contribution >= 4 is 33.7 Å². The lowest BCUT2D eigenvalue weighted by atomic mass is 10.2. The fourth-order valence-electron chi connectivity index (χ4n) is 3.45. The SMILES string of the molecule is Cc1ccccc1N(CC(=O)N/N=C\c1ccc(OCC(=O)NC[C@H]2CCCO2)cc1)S(C)(=O)=O. The summed E-state index contributed by atoms with van der Waals surface area (Å²) < 4.78 is 36.4. The van der Waals surface area contributed by atoms with Crippen LogP contribution in [-0.4, -0.2) is 65.1 Å². The zero-order valence-electron chi connectivity index (χ0n) is 19.8. The van der Waals surface area contributed by atoms with E-state index >= 15 is 0 Å².